The van der Waals surface area contributed by atoms with Gasteiger partial charge in [-0.25, -0.2) is 9.97 Å². The number of aromatic nitrogens is 2. The molecule has 0 aliphatic rings. The van der Waals surface area contributed by atoms with Gasteiger partial charge in [-0.3, -0.25) is 14.4 Å². The maximum Gasteiger partial charge on any atom is 0.325 e. The van der Waals surface area contributed by atoms with E-state index in [-0.39, 0.29) is 17.7 Å². The van der Waals surface area contributed by atoms with Crippen LogP contribution in [-0.2, 0) is 21.4 Å². The predicted molar refractivity (Wildman–Crippen MR) is 195 cm³/mol. The SMILES string of the molecule is CCCCCCCOc1ccc(-c2cnc(-c3ccc(C[C@H](NC(=O)c4ccc(C(C)(C)C)s4)C(=O)N[C@H](C)C(=O)O)cc3)nc2)c(C)c1. The number of carbonyl (C=O) groups is 3. The molecule has 0 aliphatic heterocycles. The number of thiophene rings is 1. The molecule has 0 fully saturated rings. The molecule has 0 bridgehead atoms. The number of hydrogen-bond acceptors (Lipinski definition) is 7. The van der Waals surface area contributed by atoms with Gasteiger partial charge in [-0.1, -0.05) is 83.7 Å². The Morgan fingerprint density at radius 1 is 0.898 bits per heavy atom. The number of carboxylic acids is 1. The largest absolute Gasteiger partial charge is 0.494 e. The molecule has 0 spiro atoms. The summed E-state index contributed by atoms with van der Waals surface area (Å²) < 4.78 is 5.96. The third-order valence-electron chi connectivity index (χ3n) is 8.25. The zero-order valence-corrected chi connectivity index (χ0v) is 30.2. The van der Waals surface area contributed by atoms with E-state index in [0.29, 0.717) is 10.7 Å². The van der Waals surface area contributed by atoms with Crippen LogP contribution in [0.2, 0.25) is 0 Å². The summed E-state index contributed by atoms with van der Waals surface area (Å²) in [5.41, 5.74) is 4.50. The maximum atomic E-state index is 13.2. The lowest BCUT2D eigenvalue weighted by molar-refractivity contribution is -0.141. The fraction of sp³-hybridized carbons (Fsp3) is 0.410. The maximum absolute atomic E-state index is 13.2. The van der Waals surface area contributed by atoms with E-state index in [0.717, 1.165) is 51.5 Å². The van der Waals surface area contributed by atoms with Crippen molar-refractivity contribution in [1.29, 1.82) is 0 Å². The van der Waals surface area contributed by atoms with E-state index in [1.54, 1.807) is 6.07 Å². The zero-order valence-electron chi connectivity index (χ0n) is 29.3. The number of carbonyl (C=O) groups excluding carboxylic acids is 2. The van der Waals surface area contributed by atoms with Gasteiger partial charge in [0.05, 0.1) is 11.5 Å². The van der Waals surface area contributed by atoms with Gasteiger partial charge in [0.15, 0.2) is 5.82 Å². The predicted octanol–water partition coefficient (Wildman–Crippen LogP) is 7.76. The third-order valence-corrected chi connectivity index (χ3v) is 9.76. The van der Waals surface area contributed by atoms with Crippen molar-refractivity contribution in [2.75, 3.05) is 6.61 Å². The Labute approximate surface area is 293 Å². The number of aliphatic carboxylic acids is 1. The normalized spacial score (nSPS) is 12.6. The minimum atomic E-state index is -1.16. The van der Waals surface area contributed by atoms with Crippen LogP contribution in [-0.4, -0.2) is 51.5 Å². The molecule has 2 amide bonds. The molecule has 2 atom stereocenters. The van der Waals surface area contributed by atoms with Crippen molar-refractivity contribution in [3.63, 3.8) is 0 Å². The smallest absolute Gasteiger partial charge is 0.325 e. The van der Waals surface area contributed by atoms with Gasteiger partial charge in [0.2, 0.25) is 5.91 Å². The van der Waals surface area contributed by atoms with E-state index in [2.05, 4.69) is 61.3 Å². The number of ether oxygens (including phenoxy) is 1. The lowest BCUT2D eigenvalue weighted by atomic mass is 9.95. The van der Waals surface area contributed by atoms with E-state index < -0.39 is 24.0 Å². The summed E-state index contributed by atoms with van der Waals surface area (Å²) in [7, 11) is 0. The average molecular weight is 685 g/mol. The molecule has 10 heteroatoms. The van der Waals surface area contributed by atoms with Crippen LogP contribution in [0.5, 0.6) is 5.75 Å². The van der Waals surface area contributed by atoms with E-state index >= 15 is 0 Å². The molecule has 0 aliphatic carbocycles. The Morgan fingerprint density at radius 2 is 1.59 bits per heavy atom. The quantitative estimate of drug-likeness (QED) is 0.103. The lowest BCUT2D eigenvalue weighted by Gasteiger charge is -2.20. The number of carboxylic acid groups (broad SMARTS) is 1. The van der Waals surface area contributed by atoms with Crippen molar-refractivity contribution in [1.82, 2.24) is 20.6 Å². The molecular weight excluding hydrogens is 637 g/mol. The van der Waals surface area contributed by atoms with Crippen molar-refractivity contribution in [3.8, 4) is 28.3 Å². The van der Waals surface area contributed by atoms with Gasteiger partial charge >= 0.3 is 5.97 Å². The molecule has 2 heterocycles. The zero-order chi connectivity index (χ0) is 35.6. The summed E-state index contributed by atoms with van der Waals surface area (Å²) in [4.78, 5) is 48.5. The number of unbranched alkanes of at least 4 members (excludes halogenated alkanes) is 4. The monoisotopic (exact) mass is 684 g/mol. The Balaban J connectivity index is 1.42. The lowest BCUT2D eigenvalue weighted by Crippen LogP contribution is -2.51. The number of hydrogen-bond donors (Lipinski definition) is 3. The molecule has 49 heavy (non-hydrogen) atoms. The van der Waals surface area contributed by atoms with Crippen LogP contribution in [0.1, 0.15) is 92.4 Å². The van der Waals surface area contributed by atoms with Crippen LogP contribution >= 0.6 is 11.3 Å². The minimum absolute atomic E-state index is 0.116. The Hall–Kier alpha value is -4.57. The van der Waals surface area contributed by atoms with Gasteiger partial charge in [0.25, 0.3) is 5.91 Å². The first kappa shape index (κ1) is 37.3. The molecule has 2 aromatic carbocycles. The molecule has 3 N–H and O–H groups in total. The molecular formula is C39H48N4O5S. The highest BCUT2D eigenvalue weighted by Crippen LogP contribution is 2.30. The van der Waals surface area contributed by atoms with E-state index in [9.17, 15) is 19.5 Å². The van der Waals surface area contributed by atoms with Crippen LogP contribution in [0.25, 0.3) is 22.5 Å². The molecule has 0 radical (unpaired) electrons. The highest BCUT2D eigenvalue weighted by atomic mass is 32.1. The fourth-order valence-electron chi connectivity index (χ4n) is 5.26. The standard InChI is InChI=1S/C39H48N4O5S/c1-7-8-9-10-11-20-48-30-16-17-31(25(2)21-30)29-23-40-35(41-24-29)28-14-12-27(13-15-28)22-32(36(44)42-26(3)38(46)47)43-37(45)33-18-19-34(49-33)39(4,5)6/h12-19,21,23-24,26,32H,7-11,20,22H2,1-6H3,(H,42,44)(H,43,45)(H,46,47)/t26-,32+/m1/s1. The number of aryl methyl sites for hydroxylation is 1. The van der Waals surface area contributed by atoms with Crippen LogP contribution in [0, 0.1) is 6.92 Å². The molecule has 9 nitrogen and oxygen atoms in total. The number of nitrogens with zero attached hydrogens (tertiary/aromatic N) is 2. The van der Waals surface area contributed by atoms with Gasteiger partial charge in [0.1, 0.15) is 17.8 Å². The van der Waals surface area contributed by atoms with E-state index in [4.69, 9.17) is 4.74 Å². The Bertz CT molecular complexity index is 1710. The number of amides is 2. The highest BCUT2D eigenvalue weighted by Gasteiger charge is 2.26. The third kappa shape index (κ3) is 10.7. The summed E-state index contributed by atoms with van der Waals surface area (Å²) in [6.07, 6.45) is 9.79. The second-order valence-corrected chi connectivity index (χ2v) is 14.5. The molecule has 260 valence electrons. The topological polar surface area (TPSA) is 131 Å². The van der Waals surface area contributed by atoms with E-state index in [1.807, 2.05) is 54.9 Å². The summed E-state index contributed by atoms with van der Waals surface area (Å²) in [6.45, 7) is 12.6. The molecule has 0 saturated heterocycles. The summed E-state index contributed by atoms with van der Waals surface area (Å²) in [6, 6.07) is 15.1. The van der Waals surface area contributed by atoms with Gasteiger partial charge in [-0.2, -0.15) is 0 Å². The average Bonchev–Trinajstić information content (AvgIpc) is 3.58. The van der Waals surface area contributed by atoms with Gasteiger partial charge in [-0.05, 0) is 66.6 Å². The molecule has 0 unspecified atom stereocenters. The number of benzene rings is 2. The van der Waals surface area contributed by atoms with Crippen LogP contribution in [0.15, 0.2) is 67.0 Å². The van der Waals surface area contributed by atoms with Crippen LogP contribution in [0.4, 0.5) is 0 Å². The number of rotatable bonds is 16. The first-order valence-electron chi connectivity index (χ1n) is 16.9. The van der Waals surface area contributed by atoms with Crippen LogP contribution < -0.4 is 15.4 Å². The van der Waals surface area contributed by atoms with E-state index in [1.165, 1.54) is 43.9 Å². The summed E-state index contributed by atoms with van der Waals surface area (Å²) in [5, 5.41) is 14.6. The number of nitrogens with one attached hydrogen (secondary N) is 2. The van der Waals surface area contributed by atoms with Crippen LogP contribution in [0.3, 0.4) is 0 Å². The molecule has 4 rings (SSSR count). The molecule has 0 saturated carbocycles. The summed E-state index contributed by atoms with van der Waals surface area (Å²) in [5.74, 6) is -0.695. The van der Waals surface area contributed by atoms with Gasteiger partial charge < -0.3 is 20.5 Å². The fourth-order valence-corrected chi connectivity index (χ4v) is 6.23. The first-order chi connectivity index (χ1) is 23.3. The van der Waals surface area contributed by atoms with Crippen molar-refractivity contribution in [3.05, 3.63) is 87.9 Å². The minimum Gasteiger partial charge on any atom is -0.494 e. The van der Waals surface area contributed by atoms with Crippen molar-refractivity contribution in [2.24, 2.45) is 0 Å². The van der Waals surface area contributed by atoms with Gasteiger partial charge in [0, 0.05) is 34.8 Å². The van der Waals surface area contributed by atoms with Gasteiger partial charge in [-0.15, -0.1) is 11.3 Å². The Morgan fingerprint density at radius 3 is 2.20 bits per heavy atom. The molecule has 2 aromatic heterocycles. The second-order valence-electron chi connectivity index (χ2n) is 13.4. The van der Waals surface area contributed by atoms with Crippen molar-refractivity contribution < 1.29 is 24.2 Å². The van der Waals surface area contributed by atoms with Crippen molar-refractivity contribution >= 4 is 29.1 Å². The Kier molecular flexibility index (Phi) is 13.1. The second kappa shape index (κ2) is 17.2. The molecule has 4 aromatic rings. The first-order valence-corrected chi connectivity index (χ1v) is 17.8. The highest BCUT2D eigenvalue weighted by molar-refractivity contribution is 7.14. The summed E-state index contributed by atoms with van der Waals surface area (Å²) >= 11 is 1.37. The van der Waals surface area contributed by atoms with Crippen molar-refractivity contribution in [2.45, 2.75) is 97.6 Å².